The van der Waals surface area contributed by atoms with Crippen molar-refractivity contribution in [1.82, 2.24) is 0 Å². The monoisotopic (exact) mass is 288 g/mol. The third kappa shape index (κ3) is 6.56. The molecule has 0 fully saturated rings. The van der Waals surface area contributed by atoms with Crippen molar-refractivity contribution >= 4 is 10.1 Å². The van der Waals surface area contributed by atoms with E-state index in [1.165, 1.54) is 7.11 Å². The predicted octanol–water partition coefficient (Wildman–Crippen LogP) is 1.84. The van der Waals surface area contributed by atoms with Crippen LogP contribution in [0.25, 0.3) is 0 Å². The second kappa shape index (κ2) is 8.14. The molecule has 5 nitrogen and oxygen atoms in total. The van der Waals surface area contributed by atoms with Gasteiger partial charge in [-0.3, -0.25) is 4.18 Å². The van der Waals surface area contributed by atoms with Crippen molar-refractivity contribution in [2.45, 2.75) is 19.4 Å². The number of rotatable bonds is 9. The number of para-hydroxylation sites is 1. The minimum Gasteiger partial charge on any atom is -0.491 e. The molecule has 0 spiro atoms. The Kier molecular flexibility index (Phi) is 6.83. The van der Waals surface area contributed by atoms with Gasteiger partial charge in [0.25, 0.3) is 10.1 Å². The van der Waals surface area contributed by atoms with E-state index in [1.54, 1.807) is 19.1 Å². The highest BCUT2D eigenvalue weighted by Gasteiger charge is 2.19. The number of ether oxygens (including phenoxy) is 2. The van der Waals surface area contributed by atoms with Crippen LogP contribution in [0.4, 0.5) is 0 Å². The molecular weight excluding hydrogens is 268 g/mol. The normalized spacial score (nSPS) is 13.2. The lowest BCUT2D eigenvalue weighted by atomic mass is 10.3. The molecule has 0 aliphatic carbocycles. The molecule has 1 unspecified atom stereocenters. The first-order valence-electron chi connectivity index (χ1n) is 6.15. The molecular formula is C13H20O5S. The molecule has 108 valence electrons. The van der Waals surface area contributed by atoms with Gasteiger partial charge in [-0.2, -0.15) is 8.42 Å². The molecule has 0 aliphatic rings. The minimum atomic E-state index is -3.52. The van der Waals surface area contributed by atoms with Gasteiger partial charge >= 0.3 is 0 Å². The average Bonchev–Trinajstić information content (AvgIpc) is 2.37. The Balaban J connectivity index is 2.53. The molecule has 0 radical (unpaired) electrons. The summed E-state index contributed by atoms with van der Waals surface area (Å²) in [4.78, 5) is 0. The molecule has 19 heavy (non-hydrogen) atoms. The van der Waals surface area contributed by atoms with Crippen molar-refractivity contribution in [3.63, 3.8) is 0 Å². The van der Waals surface area contributed by atoms with Gasteiger partial charge in [-0.1, -0.05) is 25.1 Å². The summed E-state index contributed by atoms with van der Waals surface area (Å²) >= 11 is 0. The maximum absolute atomic E-state index is 11.6. The zero-order valence-corrected chi connectivity index (χ0v) is 12.1. The molecule has 0 N–H and O–H groups in total. The summed E-state index contributed by atoms with van der Waals surface area (Å²) in [6, 6.07) is 9.15. The van der Waals surface area contributed by atoms with Crippen LogP contribution in [0.2, 0.25) is 0 Å². The second-order valence-electron chi connectivity index (χ2n) is 4.06. The smallest absolute Gasteiger partial charge is 0.267 e. The van der Waals surface area contributed by atoms with Crippen LogP contribution in [0.3, 0.4) is 0 Å². The van der Waals surface area contributed by atoms with Crippen LogP contribution in [0.15, 0.2) is 30.3 Å². The molecule has 0 heterocycles. The van der Waals surface area contributed by atoms with E-state index in [4.69, 9.17) is 13.7 Å². The van der Waals surface area contributed by atoms with Gasteiger partial charge < -0.3 is 9.47 Å². The van der Waals surface area contributed by atoms with Gasteiger partial charge in [0, 0.05) is 7.11 Å². The van der Waals surface area contributed by atoms with Gasteiger partial charge in [0.2, 0.25) is 0 Å². The zero-order valence-electron chi connectivity index (χ0n) is 11.2. The Morgan fingerprint density at radius 3 is 2.42 bits per heavy atom. The molecule has 1 aromatic carbocycles. The van der Waals surface area contributed by atoms with Crippen molar-refractivity contribution in [1.29, 1.82) is 0 Å². The highest BCUT2D eigenvalue weighted by Crippen LogP contribution is 2.11. The SMILES string of the molecule is CCCS(=O)(=O)OC(COC)COc1ccccc1. The fraction of sp³-hybridized carbons (Fsp3) is 0.538. The van der Waals surface area contributed by atoms with Gasteiger partial charge in [0.05, 0.1) is 12.4 Å². The van der Waals surface area contributed by atoms with E-state index in [0.29, 0.717) is 12.2 Å². The van der Waals surface area contributed by atoms with E-state index >= 15 is 0 Å². The fourth-order valence-electron chi connectivity index (χ4n) is 1.50. The van der Waals surface area contributed by atoms with Crippen LogP contribution in [-0.4, -0.2) is 40.6 Å². The first-order valence-corrected chi connectivity index (χ1v) is 7.73. The first kappa shape index (κ1) is 15.9. The maximum atomic E-state index is 11.6. The molecule has 0 saturated heterocycles. The Hall–Kier alpha value is -1.11. The molecule has 0 bridgehead atoms. The lowest BCUT2D eigenvalue weighted by Gasteiger charge is -2.17. The maximum Gasteiger partial charge on any atom is 0.267 e. The lowest BCUT2D eigenvalue weighted by molar-refractivity contribution is 0.0525. The number of benzene rings is 1. The van der Waals surface area contributed by atoms with E-state index in [1.807, 2.05) is 18.2 Å². The van der Waals surface area contributed by atoms with Gasteiger partial charge in [0.1, 0.15) is 18.5 Å². The van der Waals surface area contributed by atoms with Crippen molar-refractivity contribution in [2.24, 2.45) is 0 Å². The van der Waals surface area contributed by atoms with Crippen LogP contribution in [0.5, 0.6) is 5.75 Å². The van der Waals surface area contributed by atoms with Crippen molar-refractivity contribution in [3.05, 3.63) is 30.3 Å². The summed E-state index contributed by atoms with van der Waals surface area (Å²) in [5, 5.41) is 0. The van der Waals surface area contributed by atoms with E-state index in [9.17, 15) is 8.42 Å². The minimum absolute atomic E-state index is 0.00144. The second-order valence-corrected chi connectivity index (χ2v) is 5.78. The molecule has 1 atom stereocenters. The third-order valence-corrected chi connectivity index (χ3v) is 3.74. The van der Waals surface area contributed by atoms with Gasteiger partial charge in [-0.15, -0.1) is 0 Å². The Morgan fingerprint density at radius 1 is 1.16 bits per heavy atom. The first-order chi connectivity index (χ1) is 9.07. The number of hydrogen-bond donors (Lipinski definition) is 0. The van der Waals surface area contributed by atoms with E-state index in [0.717, 1.165) is 0 Å². The van der Waals surface area contributed by atoms with Crippen LogP contribution >= 0.6 is 0 Å². The summed E-state index contributed by atoms with van der Waals surface area (Å²) in [5.41, 5.74) is 0. The largest absolute Gasteiger partial charge is 0.491 e. The van der Waals surface area contributed by atoms with Crippen LogP contribution in [0, 0.1) is 0 Å². The zero-order chi connectivity index (χ0) is 14.1. The standard InChI is InChI=1S/C13H20O5S/c1-3-9-19(14,15)18-13(10-16-2)11-17-12-7-5-4-6-8-12/h4-8,13H,3,9-11H2,1-2H3. The lowest BCUT2D eigenvalue weighted by Crippen LogP contribution is -2.30. The quantitative estimate of drug-likeness (QED) is 0.649. The predicted molar refractivity (Wildman–Crippen MR) is 72.8 cm³/mol. The van der Waals surface area contributed by atoms with Crippen molar-refractivity contribution < 1.29 is 22.1 Å². The van der Waals surface area contributed by atoms with E-state index in [-0.39, 0.29) is 19.0 Å². The van der Waals surface area contributed by atoms with Crippen LogP contribution < -0.4 is 4.74 Å². The van der Waals surface area contributed by atoms with E-state index in [2.05, 4.69) is 0 Å². The molecule has 0 amide bonds. The summed E-state index contributed by atoms with van der Waals surface area (Å²) in [6.45, 7) is 2.07. The molecule has 1 rings (SSSR count). The molecule has 0 aliphatic heterocycles. The highest BCUT2D eigenvalue weighted by molar-refractivity contribution is 7.86. The summed E-state index contributed by atoms with van der Waals surface area (Å²) in [5.74, 6) is 0.665. The Labute approximate surface area is 114 Å². The Bertz CT molecular complexity index is 443. The summed E-state index contributed by atoms with van der Waals surface area (Å²) in [7, 11) is -2.03. The van der Waals surface area contributed by atoms with Gasteiger partial charge in [-0.05, 0) is 18.6 Å². The fourth-order valence-corrected chi connectivity index (χ4v) is 2.62. The topological polar surface area (TPSA) is 61.8 Å². The highest BCUT2D eigenvalue weighted by atomic mass is 32.2. The van der Waals surface area contributed by atoms with Crippen LogP contribution in [-0.2, 0) is 19.0 Å². The Morgan fingerprint density at radius 2 is 1.84 bits per heavy atom. The van der Waals surface area contributed by atoms with Gasteiger partial charge in [0.15, 0.2) is 0 Å². The molecule has 0 aromatic heterocycles. The van der Waals surface area contributed by atoms with Crippen LogP contribution in [0.1, 0.15) is 13.3 Å². The molecule has 1 aromatic rings. The van der Waals surface area contributed by atoms with Gasteiger partial charge in [-0.25, -0.2) is 0 Å². The van der Waals surface area contributed by atoms with Crippen molar-refractivity contribution in [3.8, 4) is 5.75 Å². The molecule has 0 saturated carbocycles. The number of hydrogen-bond acceptors (Lipinski definition) is 5. The van der Waals surface area contributed by atoms with E-state index < -0.39 is 16.2 Å². The van der Waals surface area contributed by atoms with Crippen molar-refractivity contribution in [2.75, 3.05) is 26.1 Å². The summed E-state index contributed by atoms with van der Waals surface area (Å²) < 4.78 is 38.7. The third-order valence-electron chi connectivity index (χ3n) is 2.27. The average molecular weight is 288 g/mol. The molecule has 6 heteroatoms. The number of methoxy groups -OCH3 is 1. The summed E-state index contributed by atoms with van der Waals surface area (Å²) in [6.07, 6.45) is -0.122.